The minimum Gasteiger partial charge on any atom is -0.618 e. The van der Waals surface area contributed by atoms with Crippen LogP contribution in [0.1, 0.15) is 26.0 Å². The first kappa shape index (κ1) is 10.9. The van der Waals surface area contributed by atoms with Crippen LogP contribution in [0.5, 0.6) is 0 Å². The normalized spacial score (nSPS) is 12.1. The maximum absolute atomic E-state index is 13.4. The average molecular weight is 201 g/mol. The third-order valence-electron chi connectivity index (χ3n) is 1.86. The molecular weight excluding hydrogens is 188 g/mol. The largest absolute Gasteiger partial charge is 0.618 e. The van der Waals surface area contributed by atoms with Crippen molar-refractivity contribution in [2.75, 3.05) is 0 Å². The van der Waals surface area contributed by atoms with Crippen molar-refractivity contribution >= 4 is 0 Å². The number of pyridine rings is 1. The van der Waals surface area contributed by atoms with Crippen LogP contribution in [0, 0.1) is 11.1 Å². The Morgan fingerprint density at radius 3 is 2.57 bits per heavy atom. The van der Waals surface area contributed by atoms with E-state index in [1.165, 1.54) is 12.1 Å². The summed E-state index contributed by atoms with van der Waals surface area (Å²) < 4.78 is 27.1. The molecule has 0 N–H and O–H groups in total. The fraction of sp³-hybridized carbons (Fsp3) is 0.500. The monoisotopic (exact) mass is 201 g/mol. The summed E-state index contributed by atoms with van der Waals surface area (Å²) in [5, 5.41) is 11.1. The van der Waals surface area contributed by atoms with Gasteiger partial charge in [0.1, 0.15) is 0 Å². The molecule has 0 aromatic carbocycles. The Balaban J connectivity index is 2.97. The summed E-state index contributed by atoms with van der Waals surface area (Å²) in [6.07, 6.45) is 0.781. The summed E-state index contributed by atoms with van der Waals surface area (Å²) in [4.78, 5) is 0. The first-order valence-electron chi connectivity index (χ1n) is 4.50. The van der Waals surface area contributed by atoms with Crippen molar-refractivity contribution in [3.05, 3.63) is 35.3 Å². The highest BCUT2D eigenvalue weighted by molar-refractivity contribution is 5.04. The van der Waals surface area contributed by atoms with E-state index in [2.05, 4.69) is 0 Å². The van der Waals surface area contributed by atoms with Gasteiger partial charge in [0.15, 0.2) is 6.20 Å². The Bertz CT molecular complexity index is 313. The Labute approximate surface area is 81.8 Å². The SMILES string of the molecule is CC(C)CC(F)(F)c1cccc[n+]1[O-]. The van der Waals surface area contributed by atoms with Gasteiger partial charge in [0, 0.05) is 18.6 Å². The zero-order valence-electron chi connectivity index (χ0n) is 8.21. The molecule has 4 heteroatoms. The molecule has 14 heavy (non-hydrogen) atoms. The average Bonchev–Trinajstić information content (AvgIpc) is 2.02. The van der Waals surface area contributed by atoms with Gasteiger partial charge in [-0.3, -0.25) is 0 Å². The smallest absolute Gasteiger partial charge is 0.331 e. The maximum atomic E-state index is 13.4. The summed E-state index contributed by atoms with van der Waals surface area (Å²) in [5.74, 6) is -3.19. The molecule has 0 aliphatic rings. The minimum atomic E-state index is -3.04. The summed E-state index contributed by atoms with van der Waals surface area (Å²) in [5.41, 5.74) is -0.478. The number of rotatable bonds is 3. The molecule has 0 bridgehead atoms. The number of nitrogens with zero attached hydrogens (tertiary/aromatic N) is 1. The fourth-order valence-electron chi connectivity index (χ4n) is 1.33. The number of alkyl halides is 2. The van der Waals surface area contributed by atoms with Gasteiger partial charge >= 0.3 is 5.92 Å². The second-order valence-corrected chi connectivity index (χ2v) is 3.71. The molecule has 0 saturated heterocycles. The van der Waals surface area contributed by atoms with Crippen LogP contribution < -0.4 is 4.73 Å². The zero-order chi connectivity index (χ0) is 10.8. The molecule has 0 spiro atoms. The van der Waals surface area contributed by atoms with Gasteiger partial charge in [-0.2, -0.15) is 13.5 Å². The van der Waals surface area contributed by atoms with Gasteiger partial charge in [-0.05, 0) is 12.0 Å². The fourth-order valence-corrected chi connectivity index (χ4v) is 1.33. The molecule has 0 saturated carbocycles. The molecule has 1 aromatic heterocycles. The van der Waals surface area contributed by atoms with Crippen LogP contribution in [0.3, 0.4) is 0 Å². The Kier molecular flexibility index (Phi) is 3.03. The lowest BCUT2D eigenvalue weighted by Gasteiger charge is -2.16. The summed E-state index contributed by atoms with van der Waals surface area (Å²) in [7, 11) is 0. The molecule has 1 rings (SSSR count). The lowest BCUT2D eigenvalue weighted by Crippen LogP contribution is -2.38. The topological polar surface area (TPSA) is 26.9 Å². The van der Waals surface area contributed by atoms with Gasteiger partial charge < -0.3 is 5.21 Å². The number of aromatic nitrogens is 1. The van der Waals surface area contributed by atoms with E-state index in [4.69, 9.17) is 0 Å². The van der Waals surface area contributed by atoms with Crippen LogP contribution in [0.2, 0.25) is 0 Å². The van der Waals surface area contributed by atoms with Crippen molar-refractivity contribution in [3.63, 3.8) is 0 Å². The molecule has 0 atom stereocenters. The van der Waals surface area contributed by atoms with E-state index in [0.717, 1.165) is 12.3 Å². The van der Waals surface area contributed by atoms with Crippen LogP contribution in [-0.2, 0) is 5.92 Å². The van der Waals surface area contributed by atoms with Gasteiger partial charge in [-0.1, -0.05) is 13.8 Å². The predicted octanol–water partition coefficient (Wildman–Crippen LogP) is 2.46. The van der Waals surface area contributed by atoms with Crippen molar-refractivity contribution in [3.8, 4) is 0 Å². The van der Waals surface area contributed by atoms with Crippen LogP contribution in [0.15, 0.2) is 24.4 Å². The van der Waals surface area contributed by atoms with E-state index in [-0.39, 0.29) is 17.1 Å². The number of hydrogen-bond donors (Lipinski definition) is 0. The van der Waals surface area contributed by atoms with Gasteiger partial charge in [0.05, 0.1) is 0 Å². The van der Waals surface area contributed by atoms with Crippen molar-refractivity contribution in [2.45, 2.75) is 26.2 Å². The molecule has 1 aromatic rings. The maximum Gasteiger partial charge on any atom is 0.331 e. The first-order chi connectivity index (χ1) is 6.43. The molecule has 2 nitrogen and oxygen atoms in total. The van der Waals surface area contributed by atoms with E-state index < -0.39 is 11.6 Å². The molecule has 0 unspecified atom stereocenters. The highest BCUT2D eigenvalue weighted by Gasteiger charge is 2.39. The molecule has 1 heterocycles. The standard InChI is InChI=1S/C10H13F2NO/c1-8(2)7-10(11,12)9-5-3-4-6-13(9)14/h3-6,8H,7H2,1-2H3. The van der Waals surface area contributed by atoms with Crippen molar-refractivity contribution in [1.29, 1.82) is 0 Å². The number of hydrogen-bond acceptors (Lipinski definition) is 1. The van der Waals surface area contributed by atoms with Crippen molar-refractivity contribution < 1.29 is 13.5 Å². The highest BCUT2D eigenvalue weighted by Crippen LogP contribution is 2.32. The molecule has 0 aliphatic carbocycles. The zero-order valence-corrected chi connectivity index (χ0v) is 8.21. The summed E-state index contributed by atoms with van der Waals surface area (Å²) in [6.45, 7) is 3.40. The van der Waals surface area contributed by atoms with Crippen LogP contribution in [0.4, 0.5) is 8.78 Å². The van der Waals surface area contributed by atoms with E-state index in [9.17, 15) is 14.0 Å². The third kappa shape index (κ3) is 2.40. The molecule has 0 radical (unpaired) electrons. The molecular formula is C10H13F2NO. The molecule has 0 fully saturated rings. The quantitative estimate of drug-likeness (QED) is 0.545. The van der Waals surface area contributed by atoms with Crippen LogP contribution in [0.25, 0.3) is 0 Å². The van der Waals surface area contributed by atoms with E-state index >= 15 is 0 Å². The van der Waals surface area contributed by atoms with E-state index in [1.54, 1.807) is 13.8 Å². The lowest BCUT2D eigenvalue weighted by atomic mass is 10.0. The Morgan fingerprint density at radius 1 is 1.43 bits per heavy atom. The summed E-state index contributed by atoms with van der Waals surface area (Å²) >= 11 is 0. The summed E-state index contributed by atoms with van der Waals surface area (Å²) in [6, 6.07) is 4.04. The predicted molar refractivity (Wildman–Crippen MR) is 48.8 cm³/mol. The van der Waals surface area contributed by atoms with Crippen molar-refractivity contribution in [2.24, 2.45) is 5.92 Å². The first-order valence-corrected chi connectivity index (χ1v) is 4.50. The molecule has 0 amide bonds. The third-order valence-corrected chi connectivity index (χ3v) is 1.86. The number of halogens is 2. The minimum absolute atomic E-state index is 0.148. The Morgan fingerprint density at radius 2 is 2.07 bits per heavy atom. The van der Waals surface area contributed by atoms with Gasteiger partial charge in [0.25, 0.3) is 5.69 Å². The van der Waals surface area contributed by atoms with Crippen LogP contribution >= 0.6 is 0 Å². The van der Waals surface area contributed by atoms with E-state index in [1.807, 2.05) is 0 Å². The second-order valence-electron chi connectivity index (χ2n) is 3.71. The van der Waals surface area contributed by atoms with Gasteiger partial charge in [0.2, 0.25) is 0 Å². The molecule has 0 aliphatic heterocycles. The second kappa shape index (κ2) is 3.90. The molecule has 78 valence electrons. The highest BCUT2D eigenvalue weighted by atomic mass is 19.3. The van der Waals surface area contributed by atoms with Gasteiger partial charge in [-0.15, -0.1) is 0 Å². The van der Waals surface area contributed by atoms with Crippen LogP contribution in [-0.4, -0.2) is 0 Å². The lowest BCUT2D eigenvalue weighted by molar-refractivity contribution is -0.625. The van der Waals surface area contributed by atoms with Crippen molar-refractivity contribution in [1.82, 2.24) is 0 Å². The van der Waals surface area contributed by atoms with Gasteiger partial charge in [-0.25, -0.2) is 0 Å². The van der Waals surface area contributed by atoms with E-state index in [0.29, 0.717) is 0 Å². The Hall–Kier alpha value is -1.19.